The van der Waals surface area contributed by atoms with Gasteiger partial charge >= 0.3 is 0 Å². The highest BCUT2D eigenvalue weighted by atomic mass is 16.5. The molecule has 0 aromatic carbocycles. The first kappa shape index (κ1) is 11.5. The van der Waals surface area contributed by atoms with E-state index in [1.807, 2.05) is 4.90 Å². The number of morpholine rings is 1. The Balaban J connectivity index is 1.76. The summed E-state index contributed by atoms with van der Waals surface area (Å²) in [6.45, 7) is 1.43. The first-order valence-electron chi connectivity index (χ1n) is 6.75. The van der Waals surface area contributed by atoms with Gasteiger partial charge in [-0.1, -0.05) is 0 Å². The molecule has 1 aliphatic heterocycles. The Kier molecular flexibility index (Phi) is 2.87. The molecule has 1 heterocycles. The molecule has 0 aromatic rings. The number of ether oxygens (including phenoxy) is 2. The smallest absolute Gasteiger partial charge is 0.255 e. The second-order valence-corrected chi connectivity index (χ2v) is 5.46. The maximum atomic E-state index is 12.6. The third-order valence-electron chi connectivity index (χ3n) is 4.68. The van der Waals surface area contributed by atoms with Crippen LogP contribution in [0.4, 0.5) is 0 Å². The van der Waals surface area contributed by atoms with Gasteiger partial charge in [-0.3, -0.25) is 4.79 Å². The fourth-order valence-electron chi connectivity index (χ4n) is 3.44. The molecule has 4 nitrogen and oxygen atoms in total. The molecule has 0 spiro atoms. The number of hydrogen-bond donors (Lipinski definition) is 0. The first-order valence-corrected chi connectivity index (χ1v) is 6.75. The Morgan fingerprint density at radius 3 is 2.82 bits per heavy atom. The van der Waals surface area contributed by atoms with Crippen LogP contribution < -0.4 is 0 Å². The molecule has 2 saturated carbocycles. The van der Waals surface area contributed by atoms with Crippen molar-refractivity contribution in [1.82, 2.24) is 4.90 Å². The fraction of sp³-hybridized carbons (Fsp3) is 0.923. The van der Waals surface area contributed by atoms with Crippen LogP contribution in [0.2, 0.25) is 0 Å². The molecule has 96 valence electrons. The van der Waals surface area contributed by atoms with Crippen LogP contribution in [0.15, 0.2) is 0 Å². The number of fused-ring (bicyclic) bond motifs is 1. The second kappa shape index (κ2) is 4.25. The van der Waals surface area contributed by atoms with Crippen molar-refractivity contribution < 1.29 is 14.3 Å². The maximum Gasteiger partial charge on any atom is 0.255 e. The van der Waals surface area contributed by atoms with Crippen LogP contribution in [0.3, 0.4) is 0 Å². The van der Waals surface area contributed by atoms with Crippen LogP contribution >= 0.6 is 0 Å². The Morgan fingerprint density at radius 1 is 1.35 bits per heavy atom. The van der Waals surface area contributed by atoms with Crippen LogP contribution in [-0.4, -0.2) is 48.8 Å². The van der Waals surface area contributed by atoms with Gasteiger partial charge in [0.2, 0.25) is 0 Å². The number of nitrogens with zero attached hydrogens (tertiary/aromatic N) is 1. The van der Waals surface area contributed by atoms with Gasteiger partial charge in [-0.05, 0) is 38.5 Å². The lowest BCUT2D eigenvalue weighted by Crippen LogP contribution is -2.61. The van der Waals surface area contributed by atoms with E-state index in [-0.39, 0.29) is 12.0 Å². The molecule has 0 bridgehead atoms. The predicted molar refractivity (Wildman–Crippen MR) is 62.7 cm³/mol. The number of hydrogen-bond acceptors (Lipinski definition) is 3. The lowest BCUT2D eigenvalue weighted by molar-refractivity contribution is -0.177. The van der Waals surface area contributed by atoms with E-state index in [2.05, 4.69) is 0 Å². The molecule has 3 aliphatic rings. The van der Waals surface area contributed by atoms with Crippen LogP contribution in [0, 0.1) is 0 Å². The summed E-state index contributed by atoms with van der Waals surface area (Å²) in [5.41, 5.74) is -0.496. The minimum Gasteiger partial charge on any atom is -0.374 e. The topological polar surface area (TPSA) is 38.8 Å². The normalized spacial score (nSPS) is 35.2. The number of amides is 1. The molecule has 1 amide bonds. The maximum absolute atomic E-state index is 12.6. The molecule has 4 heteroatoms. The van der Waals surface area contributed by atoms with E-state index in [1.54, 1.807) is 7.11 Å². The average molecular weight is 239 g/mol. The molecule has 2 atom stereocenters. The van der Waals surface area contributed by atoms with E-state index in [1.165, 1.54) is 6.42 Å². The molecule has 3 fully saturated rings. The van der Waals surface area contributed by atoms with E-state index < -0.39 is 5.60 Å². The molecule has 0 aromatic heterocycles. The van der Waals surface area contributed by atoms with Crippen LogP contribution in [0.25, 0.3) is 0 Å². The zero-order valence-electron chi connectivity index (χ0n) is 10.5. The van der Waals surface area contributed by atoms with Gasteiger partial charge in [-0.15, -0.1) is 0 Å². The SMILES string of the molecule is COC1(C(=O)N2CCO[C@H]3CCC[C@H]32)CCC1. The molecule has 3 rings (SSSR count). The second-order valence-electron chi connectivity index (χ2n) is 5.46. The van der Waals surface area contributed by atoms with E-state index >= 15 is 0 Å². The van der Waals surface area contributed by atoms with E-state index in [0.717, 1.165) is 38.6 Å². The highest BCUT2D eigenvalue weighted by molar-refractivity contribution is 5.86. The lowest BCUT2D eigenvalue weighted by Gasteiger charge is -2.46. The van der Waals surface area contributed by atoms with Gasteiger partial charge in [0, 0.05) is 13.7 Å². The van der Waals surface area contributed by atoms with Crippen LogP contribution in [0.5, 0.6) is 0 Å². The largest absolute Gasteiger partial charge is 0.374 e. The Labute approximate surface area is 102 Å². The van der Waals surface area contributed by atoms with E-state index in [4.69, 9.17) is 9.47 Å². The van der Waals surface area contributed by atoms with Gasteiger partial charge in [-0.25, -0.2) is 0 Å². The summed E-state index contributed by atoms with van der Waals surface area (Å²) in [6, 6.07) is 0.309. The van der Waals surface area contributed by atoms with Gasteiger partial charge in [0.15, 0.2) is 0 Å². The summed E-state index contributed by atoms with van der Waals surface area (Å²) >= 11 is 0. The standard InChI is InChI=1S/C13H21NO3/c1-16-13(6-3-7-13)12(15)14-8-9-17-11-5-2-4-10(11)14/h10-11H,2-9H2,1H3/t10-,11+/m1/s1. The van der Waals surface area contributed by atoms with Crippen molar-refractivity contribution in [1.29, 1.82) is 0 Å². The molecular formula is C13H21NO3. The summed E-state index contributed by atoms with van der Waals surface area (Å²) in [5, 5.41) is 0. The number of methoxy groups -OCH3 is 1. The van der Waals surface area contributed by atoms with Gasteiger partial charge in [0.1, 0.15) is 5.60 Å². The summed E-state index contributed by atoms with van der Waals surface area (Å²) < 4.78 is 11.3. The van der Waals surface area contributed by atoms with E-state index in [0.29, 0.717) is 12.6 Å². The van der Waals surface area contributed by atoms with Crippen molar-refractivity contribution in [2.45, 2.75) is 56.3 Å². The minimum absolute atomic E-state index is 0.214. The average Bonchev–Trinajstić information content (AvgIpc) is 2.75. The summed E-state index contributed by atoms with van der Waals surface area (Å²) in [6.07, 6.45) is 6.54. The fourth-order valence-corrected chi connectivity index (χ4v) is 3.44. The quantitative estimate of drug-likeness (QED) is 0.730. The zero-order valence-corrected chi connectivity index (χ0v) is 10.5. The van der Waals surface area contributed by atoms with Crippen molar-refractivity contribution in [3.05, 3.63) is 0 Å². The van der Waals surface area contributed by atoms with Crippen LogP contribution in [0.1, 0.15) is 38.5 Å². The predicted octanol–water partition coefficient (Wildman–Crippen LogP) is 1.34. The van der Waals surface area contributed by atoms with Crippen molar-refractivity contribution >= 4 is 5.91 Å². The summed E-state index contributed by atoms with van der Waals surface area (Å²) in [4.78, 5) is 14.7. The molecule has 0 N–H and O–H groups in total. The molecular weight excluding hydrogens is 218 g/mol. The first-order chi connectivity index (χ1) is 8.27. The number of rotatable bonds is 2. The highest BCUT2D eigenvalue weighted by Crippen LogP contribution is 2.39. The third kappa shape index (κ3) is 1.69. The third-order valence-corrected chi connectivity index (χ3v) is 4.68. The van der Waals surface area contributed by atoms with Crippen molar-refractivity contribution in [3.8, 4) is 0 Å². The molecule has 0 radical (unpaired) electrons. The lowest BCUT2D eigenvalue weighted by atomic mass is 9.78. The highest BCUT2D eigenvalue weighted by Gasteiger charge is 2.50. The van der Waals surface area contributed by atoms with Gasteiger partial charge in [-0.2, -0.15) is 0 Å². The van der Waals surface area contributed by atoms with Gasteiger partial charge in [0.25, 0.3) is 5.91 Å². The van der Waals surface area contributed by atoms with Crippen LogP contribution in [-0.2, 0) is 14.3 Å². The van der Waals surface area contributed by atoms with Gasteiger partial charge < -0.3 is 14.4 Å². The molecule has 17 heavy (non-hydrogen) atoms. The Hall–Kier alpha value is -0.610. The van der Waals surface area contributed by atoms with Crippen molar-refractivity contribution in [3.63, 3.8) is 0 Å². The van der Waals surface area contributed by atoms with Crippen molar-refractivity contribution in [2.24, 2.45) is 0 Å². The number of carbonyl (C=O) groups is 1. The van der Waals surface area contributed by atoms with Crippen molar-refractivity contribution in [2.75, 3.05) is 20.3 Å². The minimum atomic E-state index is -0.496. The summed E-state index contributed by atoms with van der Waals surface area (Å²) in [7, 11) is 1.67. The zero-order chi connectivity index (χ0) is 11.9. The molecule has 2 aliphatic carbocycles. The Bertz CT molecular complexity index is 308. The van der Waals surface area contributed by atoms with E-state index in [9.17, 15) is 4.79 Å². The molecule has 0 unspecified atom stereocenters. The number of carbonyl (C=O) groups excluding carboxylic acids is 1. The van der Waals surface area contributed by atoms with Gasteiger partial charge in [0.05, 0.1) is 18.8 Å². The molecule has 1 saturated heterocycles. The Morgan fingerprint density at radius 2 is 2.18 bits per heavy atom. The summed E-state index contributed by atoms with van der Waals surface area (Å²) in [5.74, 6) is 0.214. The monoisotopic (exact) mass is 239 g/mol.